The van der Waals surface area contributed by atoms with Gasteiger partial charge in [0.25, 0.3) is 0 Å². The second-order valence-electron chi connectivity index (χ2n) is 5.59. The smallest absolute Gasteiger partial charge is 0.170 e. The van der Waals surface area contributed by atoms with Crippen molar-refractivity contribution in [3.05, 3.63) is 46.5 Å². The molecule has 0 unspecified atom stereocenters. The summed E-state index contributed by atoms with van der Waals surface area (Å²) in [5, 5.41) is 4.17. The number of hydrogen-bond donors (Lipinski definition) is 0. The van der Waals surface area contributed by atoms with Crippen LogP contribution in [0.3, 0.4) is 0 Å². The molecule has 2 rings (SSSR count). The zero-order chi connectivity index (χ0) is 14.9. The van der Waals surface area contributed by atoms with Crippen LogP contribution < -0.4 is 0 Å². The lowest BCUT2D eigenvalue weighted by Gasteiger charge is -2.12. The Balaban J connectivity index is 2.31. The van der Waals surface area contributed by atoms with Crippen LogP contribution in [0.4, 0.5) is 0 Å². The predicted molar refractivity (Wildman–Crippen MR) is 79.1 cm³/mol. The van der Waals surface area contributed by atoms with Crippen molar-refractivity contribution < 1.29 is 4.79 Å². The maximum Gasteiger partial charge on any atom is 0.170 e. The number of hydrogen-bond acceptors (Lipinski definition) is 3. The Bertz CT molecular complexity index is 618. The van der Waals surface area contributed by atoms with Crippen LogP contribution in [0.5, 0.6) is 0 Å². The first-order valence-corrected chi connectivity index (χ1v) is 6.89. The van der Waals surface area contributed by atoms with Crippen molar-refractivity contribution in [2.24, 2.45) is 0 Å². The molecule has 0 aliphatic heterocycles. The molecule has 1 aromatic heterocycles. The van der Waals surface area contributed by atoms with Gasteiger partial charge in [0.05, 0.1) is 6.42 Å². The molecule has 1 heterocycles. The number of Topliss-reactive ketones (excluding diaryl/α,β-unsaturated/α-hetero) is 1. The molecule has 4 nitrogen and oxygen atoms in total. The van der Waals surface area contributed by atoms with Gasteiger partial charge in [-0.05, 0) is 45.7 Å². The van der Waals surface area contributed by atoms with Gasteiger partial charge < -0.3 is 0 Å². The molecular formula is C16H21N3O. The van der Waals surface area contributed by atoms with E-state index in [1.54, 1.807) is 4.68 Å². The maximum absolute atomic E-state index is 12.6. The van der Waals surface area contributed by atoms with Crippen molar-refractivity contribution in [1.82, 2.24) is 14.8 Å². The first-order valence-electron chi connectivity index (χ1n) is 6.89. The van der Waals surface area contributed by atoms with E-state index in [1.807, 2.05) is 46.8 Å². The Labute approximate surface area is 119 Å². The summed E-state index contributed by atoms with van der Waals surface area (Å²) in [4.78, 5) is 16.8. The summed E-state index contributed by atoms with van der Waals surface area (Å²) >= 11 is 0. The van der Waals surface area contributed by atoms with E-state index in [2.05, 4.69) is 10.1 Å². The summed E-state index contributed by atoms with van der Waals surface area (Å²) in [6.45, 7) is 10.1. The molecule has 0 amide bonds. The Hall–Kier alpha value is -1.97. The molecule has 0 atom stereocenters. The average Bonchev–Trinajstić information content (AvgIpc) is 2.75. The third kappa shape index (κ3) is 2.79. The lowest BCUT2D eigenvalue weighted by atomic mass is 9.95. The predicted octanol–water partition coefficient (Wildman–Crippen LogP) is 3.21. The first-order chi connectivity index (χ1) is 9.40. The van der Waals surface area contributed by atoms with E-state index in [9.17, 15) is 4.79 Å². The number of nitrogens with zero attached hydrogens (tertiary/aromatic N) is 3. The van der Waals surface area contributed by atoms with Gasteiger partial charge in [0, 0.05) is 11.6 Å². The molecule has 106 valence electrons. The molecule has 0 spiro atoms. The Morgan fingerprint density at radius 2 is 1.80 bits per heavy atom. The molecule has 2 aromatic rings. The molecule has 0 saturated carbocycles. The standard InChI is InChI=1S/C16H21N3O/c1-10(2)19-15(17-9-18-19)8-14(20)16-12(4)6-11(3)7-13(16)5/h6-7,9-10H,8H2,1-5H3. The molecule has 0 radical (unpaired) electrons. The van der Waals surface area contributed by atoms with Crippen molar-refractivity contribution in [3.63, 3.8) is 0 Å². The third-order valence-electron chi connectivity index (χ3n) is 3.41. The zero-order valence-electron chi connectivity index (χ0n) is 12.8. The molecule has 0 N–H and O–H groups in total. The third-order valence-corrected chi connectivity index (χ3v) is 3.41. The number of rotatable bonds is 4. The lowest BCUT2D eigenvalue weighted by Crippen LogP contribution is -2.15. The molecule has 0 fully saturated rings. The van der Waals surface area contributed by atoms with E-state index in [0.29, 0.717) is 6.42 Å². The van der Waals surface area contributed by atoms with Gasteiger partial charge in [0.1, 0.15) is 12.2 Å². The van der Waals surface area contributed by atoms with Gasteiger partial charge in [-0.15, -0.1) is 0 Å². The summed E-state index contributed by atoms with van der Waals surface area (Å²) in [5.74, 6) is 0.833. The highest BCUT2D eigenvalue weighted by Gasteiger charge is 2.17. The van der Waals surface area contributed by atoms with E-state index in [1.165, 1.54) is 11.9 Å². The van der Waals surface area contributed by atoms with Gasteiger partial charge in [0.2, 0.25) is 0 Å². The van der Waals surface area contributed by atoms with E-state index in [-0.39, 0.29) is 11.8 Å². The number of aromatic nitrogens is 3. The van der Waals surface area contributed by atoms with Crippen LogP contribution in [0.25, 0.3) is 0 Å². The average molecular weight is 271 g/mol. The van der Waals surface area contributed by atoms with Crippen molar-refractivity contribution in [3.8, 4) is 0 Å². The topological polar surface area (TPSA) is 47.8 Å². The van der Waals surface area contributed by atoms with E-state index >= 15 is 0 Å². The minimum Gasteiger partial charge on any atom is -0.294 e. The minimum absolute atomic E-state index is 0.106. The van der Waals surface area contributed by atoms with E-state index < -0.39 is 0 Å². The quantitative estimate of drug-likeness (QED) is 0.802. The molecule has 0 aliphatic carbocycles. The maximum atomic E-state index is 12.6. The lowest BCUT2D eigenvalue weighted by molar-refractivity contribution is 0.0988. The summed E-state index contributed by atoms with van der Waals surface area (Å²) in [6.07, 6.45) is 1.81. The Morgan fingerprint density at radius 1 is 1.20 bits per heavy atom. The molecule has 1 aromatic carbocycles. The van der Waals surface area contributed by atoms with E-state index in [0.717, 1.165) is 22.5 Å². The molecule has 0 saturated heterocycles. The van der Waals surface area contributed by atoms with Gasteiger partial charge in [-0.3, -0.25) is 4.79 Å². The number of carbonyl (C=O) groups is 1. The number of ketones is 1. The van der Waals surface area contributed by atoms with Crippen molar-refractivity contribution in [2.75, 3.05) is 0 Å². The summed E-state index contributed by atoms with van der Waals surface area (Å²) < 4.78 is 1.80. The van der Waals surface area contributed by atoms with Crippen LogP contribution in [0.1, 0.15) is 52.8 Å². The highest BCUT2D eigenvalue weighted by atomic mass is 16.1. The fourth-order valence-electron chi connectivity index (χ4n) is 2.68. The summed E-state index contributed by atoms with van der Waals surface area (Å²) in [7, 11) is 0. The van der Waals surface area contributed by atoms with Crippen LogP contribution in [-0.2, 0) is 6.42 Å². The van der Waals surface area contributed by atoms with Gasteiger partial charge in [0.15, 0.2) is 5.78 Å². The minimum atomic E-state index is 0.106. The normalized spacial score (nSPS) is 11.1. The largest absolute Gasteiger partial charge is 0.294 e. The first kappa shape index (κ1) is 14.4. The van der Waals surface area contributed by atoms with Gasteiger partial charge in [-0.2, -0.15) is 5.10 Å². The second kappa shape index (κ2) is 5.57. The van der Waals surface area contributed by atoms with E-state index in [4.69, 9.17) is 0 Å². The van der Waals surface area contributed by atoms with Crippen LogP contribution in [-0.4, -0.2) is 20.5 Å². The van der Waals surface area contributed by atoms with Gasteiger partial charge in [-0.1, -0.05) is 17.7 Å². The van der Waals surface area contributed by atoms with Crippen molar-refractivity contribution in [2.45, 2.75) is 47.1 Å². The Morgan fingerprint density at radius 3 is 2.35 bits per heavy atom. The highest BCUT2D eigenvalue weighted by Crippen LogP contribution is 2.19. The van der Waals surface area contributed by atoms with Crippen LogP contribution >= 0.6 is 0 Å². The molecule has 20 heavy (non-hydrogen) atoms. The monoisotopic (exact) mass is 271 g/mol. The fraction of sp³-hybridized carbons (Fsp3) is 0.438. The van der Waals surface area contributed by atoms with Crippen LogP contribution in [0.15, 0.2) is 18.5 Å². The molecule has 0 bridgehead atoms. The fourth-order valence-corrected chi connectivity index (χ4v) is 2.68. The number of aryl methyl sites for hydroxylation is 3. The number of benzene rings is 1. The molecular weight excluding hydrogens is 250 g/mol. The second-order valence-corrected chi connectivity index (χ2v) is 5.59. The van der Waals surface area contributed by atoms with Gasteiger partial charge >= 0.3 is 0 Å². The SMILES string of the molecule is Cc1cc(C)c(C(=O)Cc2ncnn2C(C)C)c(C)c1. The summed E-state index contributed by atoms with van der Waals surface area (Å²) in [5.41, 5.74) is 4.06. The van der Waals surface area contributed by atoms with Crippen LogP contribution in [0, 0.1) is 20.8 Å². The summed E-state index contributed by atoms with van der Waals surface area (Å²) in [6, 6.07) is 4.31. The zero-order valence-corrected chi connectivity index (χ0v) is 12.8. The highest BCUT2D eigenvalue weighted by molar-refractivity contribution is 5.99. The molecule has 0 aliphatic rings. The van der Waals surface area contributed by atoms with Gasteiger partial charge in [-0.25, -0.2) is 9.67 Å². The van der Waals surface area contributed by atoms with Crippen molar-refractivity contribution >= 4 is 5.78 Å². The number of carbonyl (C=O) groups excluding carboxylic acids is 1. The molecule has 4 heteroatoms. The Kier molecular flexibility index (Phi) is 4.02. The van der Waals surface area contributed by atoms with Crippen LogP contribution in [0.2, 0.25) is 0 Å². The van der Waals surface area contributed by atoms with Crippen molar-refractivity contribution in [1.29, 1.82) is 0 Å².